The molecule has 0 bridgehead atoms. The van der Waals surface area contributed by atoms with E-state index in [1.54, 1.807) is 6.08 Å². The third-order valence-electron chi connectivity index (χ3n) is 1.44. The maximum Gasteiger partial charge on any atom is 0.142 e. The van der Waals surface area contributed by atoms with Crippen LogP contribution in [0, 0.1) is 0 Å². The van der Waals surface area contributed by atoms with Crippen molar-refractivity contribution >= 4 is 6.29 Å². The highest BCUT2D eigenvalue weighted by Crippen LogP contribution is 2.05. The number of carbonyl (C=O) groups is 1. The molecule has 0 radical (unpaired) electrons. The van der Waals surface area contributed by atoms with Gasteiger partial charge in [-0.3, -0.25) is 4.79 Å². The lowest BCUT2D eigenvalue weighted by Crippen LogP contribution is -1.77. The van der Waals surface area contributed by atoms with Crippen LogP contribution in [0.15, 0.2) is 23.3 Å². The van der Waals surface area contributed by atoms with Gasteiger partial charge in [0, 0.05) is 0 Å². The molecule has 76 valence electrons. The summed E-state index contributed by atoms with van der Waals surface area (Å²) in [6, 6.07) is 0. The normalized spacial score (nSPS) is 9.77. The minimum absolute atomic E-state index is 0.845. The van der Waals surface area contributed by atoms with Gasteiger partial charge in [-0.25, -0.2) is 0 Å². The molecular weight excluding hydrogens is 162 g/mol. The van der Waals surface area contributed by atoms with Gasteiger partial charge in [0.2, 0.25) is 0 Å². The average Bonchev–Trinajstić information content (AvgIpc) is 2.08. The first-order chi connectivity index (χ1) is 6.16. The summed E-state index contributed by atoms with van der Waals surface area (Å²) < 4.78 is 0. The van der Waals surface area contributed by atoms with Crippen LogP contribution in [0.5, 0.6) is 0 Å². The lowest BCUT2D eigenvalue weighted by molar-refractivity contribution is -0.104. The predicted molar refractivity (Wildman–Crippen MR) is 58.6 cm³/mol. The van der Waals surface area contributed by atoms with E-state index < -0.39 is 0 Å². The molecule has 0 aliphatic rings. The van der Waals surface area contributed by atoms with Crippen molar-refractivity contribution in [1.82, 2.24) is 0 Å². The summed E-state index contributed by atoms with van der Waals surface area (Å²) in [4.78, 5) is 10.0. The van der Waals surface area contributed by atoms with Gasteiger partial charge in [-0.05, 0) is 46.7 Å². The fraction of sp³-hybridized carbons (Fsp3) is 0.545. The topological polar surface area (TPSA) is 43.1 Å². The van der Waals surface area contributed by atoms with E-state index in [4.69, 9.17) is 0 Å². The van der Waals surface area contributed by atoms with Gasteiger partial charge in [-0.15, -0.1) is 0 Å². The zero-order valence-corrected chi connectivity index (χ0v) is 9.13. The molecule has 0 fully saturated rings. The van der Waals surface area contributed by atoms with Crippen molar-refractivity contribution in [3.05, 3.63) is 23.3 Å². The van der Waals surface area contributed by atoms with Gasteiger partial charge in [0.15, 0.2) is 0 Å². The second kappa shape index (κ2) is 11.1. The quantitative estimate of drug-likeness (QED) is 0.413. The smallest absolute Gasteiger partial charge is 0.142 e. The Bertz CT molecular complexity index is 177. The van der Waals surface area contributed by atoms with Crippen molar-refractivity contribution in [2.24, 2.45) is 5.73 Å². The molecule has 0 unspecified atom stereocenters. The summed E-state index contributed by atoms with van der Waals surface area (Å²) in [6.45, 7) is 6.14. The molecule has 0 atom stereocenters. The van der Waals surface area contributed by atoms with Crippen LogP contribution in [0.4, 0.5) is 0 Å². The van der Waals surface area contributed by atoms with E-state index in [0.717, 1.165) is 24.7 Å². The van der Waals surface area contributed by atoms with Gasteiger partial charge in [0.05, 0.1) is 0 Å². The second-order valence-corrected chi connectivity index (χ2v) is 2.97. The minimum atomic E-state index is 0.845. The van der Waals surface area contributed by atoms with Crippen molar-refractivity contribution in [3.63, 3.8) is 0 Å². The second-order valence-electron chi connectivity index (χ2n) is 2.97. The van der Waals surface area contributed by atoms with Gasteiger partial charge in [-0.2, -0.15) is 0 Å². The molecule has 0 saturated heterocycles. The Kier molecular flexibility index (Phi) is 12.5. The summed E-state index contributed by atoms with van der Waals surface area (Å²) in [5, 5.41) is 0. The highest BCUT2D eigenvalue weighted by atomic mass is 16.1. The van der Waals surface area contributed by atoms with Crippen molar-refractivity contribution < 1.29 is 4.79 Å². The Morgan fingerprint density at radius 3 is 2.15 bits per heavy atom. The Labute approximate surface area is 81.5 Å². The molecule has 2 N–H and O–H groups in total. The number of hydrogen-bond acceptors (Lipinski definition) is 2. The number of hydrogen-bond donors (Lipinski definition) is 1. The standard InChI is InChI=1S/C10H16O.CH5N/c1-9(2)5-4-6-10(3)7-8-11;1-2/h5,7-8H,4,6H2,1-3H3;2H2,1H3. The molecule has 2 nitrogen and oxygen atoms in total. The number of rotatable bonds is 4. The summed E-state index contributed by atoms with van der Waals surface area (Å²) in [7, 11) is 1.50. The van der Waals surface area contributed by atoms with Crippen LogP contribution in [-0.4, -0.2) is 13.3 Å². The van der Waals surface area contributed by atoms with Gasteiger partial charge < -0.3 is 5.73 Å². The third-order valence-corrected chi connectivity index (χ3v) is 1.44. The summed E-state index contributed by atoms with van der Waals surface area (Å²) >= 11 is 0. The third kappa shape index (κ3) is 14.0. The van der Waals surface area contributed by atoms with E-state index in [1.807, 2.05) is 6.92 Å². The van der Waals surface area contributed by atoms with Crippen LogP contribution in [0.3, 0.4) is 0 Å². The van der Waals surface area contributed by atoms with Crippen molar-refractivity contribution in [2.45, 2.75) is 33.6 Å². The monoisotopic (exact) mass is 183 g/mol. The average molecular weight is 183 g/mol. The molecule has 0 aromatic carbocycles. The molecular formula is C11H21NO. The highest BCUT2D eigenvalue weighted by molar-refractivity contribution is 5.65. The first kappa shape index (κ1) is 14.6. The van der Waals surface area contributed by atoms with Crippen LogP contribution < -0.4 is 5.73 Å². The Balaban J connectivity index is 0. The molecule has 0 heterocycles. The molecule has 0 amide bonds. The summed E-state index contributed by atoms with van der Waals surface area (Å²) in [5.41, 5.74) is 6.99. The number of aldehydes is 1. The molecule has 0 aromatic rings. The summed E-state index contributed by atoms with van der Waals surface area (Å²) in [5.74, 6) is 0. The van der Waals surface area contributed by atoms with Crippen LogP contribution in [0.2, 0.25) is 0 Å². The van der Waals surface area contributed by atoms with E-state index in [-0.39, 0.29) is 0 Å². The molecule has 0 saturated carbocycles. The number of allylic oxidation sites excluding steroid dienone is 4. The van der Waals surface area contributed by atoms with Crippen LogP contribution >= 0.6 is 0 Å². The van der Waals surface area contributed by atoms with E-state index >= 15 is 0 Å². The van der Waals surface area contributed by atoms with Gasteiger partial charge in [0.1, 0.15) is 6.29 Å². The maximum absolute atomic E-state index is 10.0. The molecule has 0 spiro atoms. The van der Waals surface area contributed by atoms with Gasteiger partial charge in [-0.1, -0.05) is 17.2 Å². The number of carbonyl (C=O) groups excluding carboxylic acids is 1. The molecule has 0 aliphatic carbocycles. The zero-order valence-electron chi connectivity index (χ0n) is 9.13. The fourth-order valence-corrected chi connectivity index (χ4v) is 0.788. The summed E-state index contributed by atoms with van der Waals surface area (Å²) in [6.07, 6.45) is 6.68. The molecule has 0 rings (SSSR count). The fourth-order valence-electron chi connectivity index (χ4n) is 0.788. The van der Waals surface area contributed by atoms with Gasteiger partial charge >= 0.3 is 0 Å². The molecule has 0 aliphatic heterocycles. The first-order valence-electron chi connectivity index (χ1n) is 4.49. The minimum Gasteiger partial charge on any atom is -0.333 e. The first-order valence-corrected chi connectivity index (χ1v) is 4.49. The van der Waals surface area contributed by atoms with Gasteiger partial charge in [0.25, 0.3) is 0 Å². The Hall–Kier alpha value is -0.890. The maximum atomic E-state index is 10.0. The van der Waals surface area contributed by atoms with E-state index in [0.29, 0.717) is 0 Å². The molecule has 2 heteroatoms. The van der Waals surface area contributed by atoms with E-state index in [1.165, 1.54) is 12.6 Å². The molecule has 0 aromatic heterocycles. The largest absolute Gasteiger partial charge is 0.333 e. The predicted octanol–water partition coefficient (Wildman–Crippen LogP) is 2.45. The van der Waals surface area contributed by atoms with Crippen LogP contribution in [-0.2, 0) is 4.79 Å². The van der Waals surface area contributed by atoms with Crippen molar-refractivity contribution in [3.8, 4) is 0 Å². The lowest BCUT2D eigenvalue weighted by atomic mass is 10.1. The Morgan fingerprint density at radius 2 is 1.77 bits per heavy atom. The van der Waals surface area contributed by atoms with E-state index in [2.05, 4.69) is 25.7 Å². The zero-order chi connectivity index (χ0) is 10.7. The lowest BCUT2D eigenvalue weighted by Gasteiger charge is -1.94. The van der Waals surface area contributed by atoms with Crippen LogP contribution in [0.1, 0.15) is 33.6 Å². The SMILES string of the molecule is CC(C)=CCCC(C)=CC=O.CN. The Morgan fingerprint density at radius 1 is 1.23 bits per heavy atom. The molecule has 13 heavy (non-hydrogen) atoms. The number of nitrogens with two attached hydrogens (primary N) is 1. The van der Waals surface area contributed by atoms with E-state index in [9.17, 15) is 4.79 Å². The van der Waals surface area contributed by atoms with Crippen LogP contribution in [0.25, 0.3) is 0 Å². The highest BCUT2D eigenvalue weighted by Gasteiger charge is 1.86. The van der Waals surface area contributed by atoms with Crippen molar-refractivity contribution in [2.75, 3.05) is 7.05 Å². The van der Waals surface area contributed by atoms with Crippen molar-refractivity contribution in [1.29, 1.82) is 0 Å².